The number of carbonyl (C=O) groups is 1. The summed E-state index contributed by atoms with van der Waals surface area (Å²) in [6.45, 7) is 1.38. The quantitative estimate of drug-likeness (QED) is 0.132. The number of thiophene rings is 1. The standard InChI is InChI=1S/C26H27N6O4S/c1-36-13-12-28-24(17-32(34)35)30-19-5-4-6-20(15-19)31-26(33)25-23(10-14-37-25)29-16-18-9-11-27-22-8-3-2-7-21(18)22/h2-11,14-15,17,28-30,34H,12-13,16H2,1H3,(H,31,33)/q-1. The molecule has 0 saturated carbocycles. The van der Waals surface area contributed by atoms with Crippen molar-refractivity contribution in [3.8, 4) is 0 Å². The van der Waals surface area contributed by atoms with Gasteiger partial charge in [0.1, 0.15) is 10.7 Å². The summed E-state index contributed by atoms with van der Waals surface area (Å²) in [5.41, 5.74) is 3.92. The Morgan fingerprint density at radius 3 is 2.76 bits per heavy atom. The number of carbonyl (C=O) groups excluding carboxylic acids is 1. The minimum absolute atomic E-state index is 0.246. The van der Waals surface area contributed by atoms with E-state index in [4.69, 9.17) is 9.94 Å². The monoisotopic (exact) mass is 519 g/mol. The van der Waals surface area contributed by atoms with E-state index >= 15 is 0 Å². The van der Waals surface area contributed by atoms with Crippen LogP contribution in [-0.2, 0) is 11.3 Å². The van der Waals surface area contributed by atoms with Gasteiger partial charge in [-0.2, -0.15) is 0 Å². The van der Waals surface area contributed by atoms with Crippen LogP contribution in [-0.4, -0.2) is 41.6 Å². The van der Waals surface area contributed by atoms with Gasteiger partial charge < -0.3 is 36.4 Å². The summed E-state index contributed by atoms with van der Waals surface area (Å²) >= 11 is 1.35. The Kier molecular flexibility index (Phi) is 8.89. The molecule has 2 aromatic carbocycles. The maximum absolute atomic E-state index is 13.1. The van der Waals surface area contributed by atoms with E-state index in [1.54, 1.807) is 37.6 Å². The highest BCUT2D eigenvalue weighted by Gasteiger charge is 2.14. The van der Waals surface area contributed by atoms with Crippen LogP contribution in [0.3, 0.4) is 0 Å². The van der Waals surface area contributed by atoms with E-state index in [-0.39, 0.29) is 17.0 Å². The maximum Gasteiger partial charge on any atom is 0.267 e. The molecule has 4 rings (SSSR count). The van der Waals surface area contributed by atoms with Crippen LogP contribution in [0.2, 0.25) is 0 Å². The lowest BCUT2D eigenvalue weighted by Gasteiger charge is -2.21. The zero-order valence-electron chi connectivity index (χ0n) is 20.1. The molecular weight excluding hydrogens is 492 g/mol. The molecule has 2 heterocycles. The molecule has 0 aliphatic rings. The number of pyridine rings is 1. The second-order valence-corrected chi connectivity index (χ2v) is 8.85. The van der Waals surface area contributed by atoms with Crippen molar-refractivity contribution in [2.45, 2.75) is 6.54 Å². The number of aromatic nitrogens is 1. The average molecular weight is 520 g/mol. The van der Waals surface area contributed by atoms with Crippen LogP contribution in [0.25, 0.3) is 10.9 Å². The summed E-state index contributed by atoms with van der Waals surface area (Å²) in [6, 6.07) is 18.8. The van der Waals surface area contributed by atoms with Crippen LogP contribution >= 0.6 is 11.3 Å². The van der Waals surface area contributed by atoms with Crippen molar-refractivity contribution < 1.29 is 14.7 Å². The van der Waals surface area contributed by atoms with Crippen molar-refractivity contribution >= 4 is 45.2 Å². The van der Waals surface area contributed by atoms with E-state index in [2.05, 4.69) is 26.3 Å². The molecule has 11 heteroatoms. The van der Waals surface area contributed by atoms with E-state index in [0.717, 1.165) is 28.4 Å². The zero-order valence-corrected chi connectivity index (χ0v) is 20.9. The van der Waals surface area contributed by atoms with Crippen molar-refractivity contribution in [3.05, 3.63) is 99.9 Å². The van der Waals surface area contributed by atoms with Gasteiger partial charge in [-0.15, -0.1) is 11.3 Å². The Morgan fingerprint density at radius 1 is 1.14 bits per heavy atom. The number of methoxy groups -OCH3 is 1. The molecule has 0 aliphatic heterocycles. The number of hydroxylamine groups is 2. The minimum Gasteiger partial charge on any atom is -0.734 e. The summed E-state index contributed by atoms with van der Waals surface area (Å²) in [7, 11) is 1.56. The highest BCUT2D eigenvalue weighted by molar-refractivity contribution is 7.12. The number of anilines is 3. The third kappa shape index (κ3) is 7.18. The fraction of sp³-hybridized carbons (Fsp3) is 0.154. The molecule has 37 heavy (non-hydrogen) atoms. The van der Waals surface area contributed by atoms with Gasteiger partial charge in [0, 0.05) is 43.2 Å². The molecule has 192 valence electrons. The van der Waals surface area contributed by atoms with E-state index in [1.165, 1.54) is 11.3 Å². The van der Waals surface area contributed by atoms with Crippen molar-refractivity contribution in [1.82, 2.24) is 15.5 Å². The number of rotatable bonds is 12. The van der Waals surface area contributed by atoms with Crippen molar-refractivity contribution in [2.24, 2.45) is 0 Å². The molecule has 1 amide bonds. The summed E-state index contributed by atoms with van der Waals surface area (Å²) in [6.07, 6.45) is 2.74. The molecule has 0 bridgehead atoms. The van der Waals surface area contributed by atoms with Gasteiger partial charge in [-0.3, -0.25) is 15.0 Å². The lowest BCUT2D eigenvalue weighted by molar-refractivity contribution is 0.0105. The Bertz CT molecular complexity index is 1370. The first-order valence-electron chi connectivity index (χ1n) is 11.5. The molecule has 2 aromatic heterocycles. The number of nitrogens with zero attached hydrogens (tertiary/aromatic N) is 2. The second-order valence-electron chi connectivity index (χ2n) is 7.93. The number of amides is 1. The lowest BCUT2D eigenvalue weighted by atomic mass is 10.1. The fourth-order valence-corrected chi connectivity index (χ4v) is 4.43. The average Bonchev–Trinajstić information content (AvgIpc) is 3.36. The number of hydrogen-bond donors (Lipinski definition) is 5. The smallest absolute Gasteiger partial charge is 0.267 e. The van der Waals surface area contributed by atoms with E-state index in [9.17, 15) is 10.0 Å². The third-order valence-electron chi connectivity index (χ3n) is 5.34. The minimum atomic E-state index is -0.298. The number of ether oxygens (including phenoxy) is 1. The molecule has 0 radical (unpaired) electrons. The Hall–Kier alpha value is -4.16. The largest absolute Gasteiger partial charge is 0.734 e. The molecule has 4 aromatic rings. The predicted molar refractivity (Wildman–Crippen MR) is 146 cm³/mol. The number of hydrogen-bond acceptors (Lipinski definition) is 10. The molecular formula is C26H27N6O4S-. The van der Waals surface area contributed by atoms with Crippen LogP contribution in [0.5, 0.6) is 0 Å². The third-order valence-corrected chi connectivity index (χ3v) is 6.25. The zero-order chi connectivity index (χ0) is 26.0. The van der Waals surface area contributed by atoms with Gasteiger partial charge >= 0.3 is 0 Å². The predicted octanol–water partition coefficient (Wildman–Crippen LogP) is 4.80. The molecule has 5 N–H and O–H groups in total. The lowest BCUT2D eigenvalue weighted by Crippen LogP contribution is -2.25. The van der Waals surface area contributed by atoms with Gasteiger partial charge in [0.15, 0.2) is 0 Å². The van der Waals surface area contributed by atoms with Crippen molar-refractivity contribution in [1.29, 1.82) is 0 Å². The van der Waals surface area contributed by atoms with Crippen LogP contribution in [0, 0.1) is 5.21 Å². The normalized spacial score (nSPS) is 11.3. The summed E-state index contributed by atoms with van der Waals surface area (Å²) in [4.78, 5) is 18.0. The van der Waals surface area contributed by atoms with Gasteiger partial charge in [0.25, 0.3) is 5.91 Å². The molecule has 0 saturated heterocycles. The van der Waals surface area contributed by atoms with Crippen LogP contribution in [0.15, 0.2) is 84.3 Å². The molecule has 0 atom stereocenters. The van der Waals surface area contributed by atoms with E-state index in [0.29, 0.717) is 35.9 Å². The Balaban J connectivity index is 1.42. The first-order valence-corrected chi connectivity index (χ1v) is 12.3. The van der Waals surface area contributed by atoms with Crippen LogP contribution in [0.4, 0.5) is 17.1 Å². The second kappa shape index (κ2) is 12.7. The summed E-state index contributed by atoms with van der Waals surface area (Å²) < 4.78 is 4.99. The van der Waals surface area contributed by atoms with Gasteiger partial charge in [0.2, 0.25) is 0 Å². The number of para-hydroxylation sites is 1. The van der Waals surface area contributed by atoms with Gasteiger partial charge in [-0.25, -0.2) is 0 Å². The van der Waals surface area contributed by atoms with E-state index in [1.807, 2.05) is 41.8 Å². The van der Waals surface area contributed by atoms with Crippen LogP contribution in [0.1, 0.15) is 15.2 Å². The molecule has 0 unspecified atom stereocenters. The first-order chi connectivity index (χ1) is 18.0. The van der Waals surface area contributed by atoms with E-state index < -0.39 is 0 Å². The Labute approximate surface area is 218 Å². The number of benzene rings is 2. The van der Waals surface area contributed by atoms with Crippen molar-refractivity contribution in [2.75, 3.05) is 36.2 Å². The highest BCUT2D eigenvalue weighted by atomic mass is 32.1. The van der Waals surface area contributed by atoms with Gasteiger partial charge in [-0.05, 0) is 47.3 Å². The van der Waals surface area contributed by atoms with Gasteiger partial charge in [-0.1, -0.05) is 24.3 Å². The number of fused-ring (bicyclic) bond motifs is 1. The first kappa shape index (κ1) is 25.9. The molecule has 0 fully saturated rings. The highest BCUT2D eigenvalue weighted by Crippen LogP contribution is 2.26. The van der Waals surface area contributed by atoms with Crippen molar-refractivity contribution in [3.63, 3.8) is 0 Å². The molecule has 0 spiro atoms. The van der Waals surface area contributed by atoms with Crippen LogP contribution < -0.4 is 21.3 Å². The SMILES string of the molecule is COCCNC(=CN([O-])O)Nc1cccc(NC(=O)c2sccc2NCc2ccnc3ccccc23)c1. The maximum atomic E-state index is 13.1. The van der Waals surface area contributed by atoms with Gasteiger partial charge in [0.05, 0.1) is 24.0 Å². The summed E-state index contributed by atoms with van der Waals surface area (Å²) in [5, 5.41) is 35.0. The summed E-state index contributed by atoms with van der Waals surface area (Å²) in [5.74, 6) is 0.0238. The molecule has 10 nitrogen and oxygen atoms in total. The number of nitrogens with one attached hydrogen (secondary N) is 4. The Morgan fingerprint density at radius 2 is 1.95 bits per heavy atom. The topological polar surface area (TPSA) is 134 Å². The molecule has 0 aliphatic carbocycles. The fourth-order valence-electron chi connectivity index (χ4n) is 3.66.